The number of nitrogens with zero attached hydrogens (tertiary/aromatic N) is 3. The first-order valence-electron chi connectivity index (χ1n) is 5.34. The van der Waals surface area contributed by atoms with Gasteiger partial charge in [-0.1, -0.05) is 12.1 Å². The van der Waals surface area contributed by atoms with Crippen molar-refractivity contribution in [3.8, 4) is 5.69 Å². The van der Waals surface area contributed by atoms with Crippen molar-refractivity contribution in [2.45, 2.75) is 19.8 Å². The molecule has 0 atom stereocenters. The Morgan fingerprint density at radius 2 is 2.06 bits per heavy atom. The molecule has 1 heterocycles. The molecule has 0 saturated carbocycles. The fraction of sp³-hybridized carbons (Fsp3) is 0.250. The summed E-state index contributed by atoms with van der Waals surface area (Å²) in [6.45, 7) is 1.88. The second-order valence-corrected chi connectivity index (χ2v) is 3.81. The highest BCUT2D eigenvalue weighted by Crippen LogP contribution is 2.12. The normalized spacial score (nSPS) is 10.4. The molecule has 0 spiro atoms. The van der Waals surface area contributed by atoms with Gasteiger partial charge in [0.15, 0.2) is 0 Å². The number of benzene rings is 1. The number of aryl methyl sites for hydroxylation is 2. The minimum absolute atomic E-state index is 0.158. The van der Waals surface area contributed by atoms with E-state index in [1.165, 1.54) is 0 Å². The van der Waals surface area contributed by atoms with Crippen LogP contribution in [0.2, 0.25) is 0 Å². The monoisotopic (exact) mass is 231 g/mol. The Kier molecular flexibility index (Phi) is 3.18. The van der Waals surface area contributed by atoms with Crippen LogP contribution in [0.5, 0.6) is 0 Å². The quantitative estimate of drug-likeness (QED) is 0.867. The zero-order valence-electron chi connectivity index (χ0n) is 9.50. The number of aliphatic carboxylic acids is 1. The van der Waals surface area contributed by atoms with Crippen LogP contribution in [-0.2, 0) is 11.2 Å². The van der Waals surface area contributed by atoms with Gasteiger partial charge in [-0.2, -0.15) is 0 Å². The van der Waals surface area contributed by atoms with Gasteiger partial charge in [0.25, 0.3) is 0 Å². The minimum atomic E-state index is -0.774. The Balaban J connectivity index is 2.13. The van der Waals surface area contributed by atoms with Crippen LogP contribution in [0.15, 0.2) is 30.6 Å². The first-order chi connectivity index (χ1) is 8.16. The molecule has 2 rings (SSSR count). The van der Waals surface area contributed by atoms with Crippen LogP contribution in [-0.4, -0.2) is 25.8 Å². The van der Waals surface area contributed by atoms with Crippen molar-refractivity contribution in [1.29, 1.82) is 0 Å². The topological polar surface area (TPSA) is 68.0 Å². The molecule has 1 N–H and O–H groups in total. The lowest BCUT2D eigenvalue weighted by Crippen LogP contribution is -1.99. The predicted octanol–water partition coefficient (Wildman–Crippen LogP) is 1.59. The van der Waals surface area contributed by atoms with Crippen LogP contribution in [0.3, 0.4) is 0 Å². The first kappa shape index (κ1) is 11.3. The van der Waals surface area contributed by atoms with Gasteiger partial charge in [-0.15, -0.1) is 10.2 Å². The molecule has 0 fully saturated rings. The molecule has 0 radical (unpaired) electrons. The highest BCUT2D eigenvalue weighted by Gasteiger charge is 2.02. The smallest absolute Gasteiger partial charge is 0.303 e. The van der Waals surface area contributed by atoms with Gasteiger partial charge < -0.3 is 5.11 Å². The average molecular weight is 231 g/mol. The minimum Gasteiger partial charge on any atom is -0.481 e. The van der Waals surface area contributed by atoms with Gasteiger partial charge in [-0.3, -0.25) is 9.36 Å². The van der Waals surface area contributed by atoms with E-state index in [2.05, 4.69) is 10.2 Å². The Hall–Kier alpha value is -2.17. The van der Waals surface area contributed by atoms with Crippen molar-refractivity contribution < 1.29 is 9.90 Å². The van der Waals surface area contributed by atoms with Crippen molar-refractivity contribution >= 4 is 5.97 Å². The molecule has 0 aliphatic rings. The van der Waals surface area contributed by atoms with Gasteiger partial charge in [-0.05, 0) is 31.0 Å². The van der Waals surface area contributed by atoms with E-state index in [0.29, 0.717) is 6.42 Å². The lowest BCUT2D eigenvalue weighted by Gasteiger charge is -2.05. The maximum absolute atomic E-state index is 10.5. The number of carboxylic acids is 1. The summed E-state index contributed by atoms with van der Waals surface area (Å²) in [7, 11) is 0. The summed E-state index contributed by atoms with van der Waals surface area (Å²) in [5, 5.41) is 16.3. The lowest BCUT2D eigenvalue weighted by atomic mass is 10.1. The molecule has 17 heavy (non-hydrogen) atoms. The number of carbonyl (C=O) groups is 1. The average Bonchev–Trinajstić information content (AvgIpc) is 2.73. The summed E-state index contributed by atoms with van der Waals surface area (Å²) in [5.74, 6) is 0.0482. The molecule has 0 aliphatic heterocycles. The Morgan fingerprint density at radius 1 is 1.35 bits per heavy atom. The summed E-state index contributed by atoms with van der Waals surface area (Å²) in [4.78, 5) is 10.5. The van der Waals surface area contributed by atoms with Crippen molar-refractivity contribution in [2.24, 2.45) is 0 Å². The molecule has 1 aromatic carbocycles. The van der Waals surface area contributed by atoms with Crippen LogP contribution in [0, 0.1) is 6.92 Å². The van der Waals surface area contributed by atoms with Gasteiger partial charge in [0, 0.05) is 12.1 Å². The largest absolute Gasteiger partial charge is 0.481 e. The van der Waals surface area contributed by atoms with E-state index in [4.69, 9.17) is 5.11 Å². The maximum Gasteiger partial charge on any atom is 0.303 e. The van der Waals surface area contributed by atoms with Gasteiger partial charge in [0.2, 0.25) is 0 Å². The standard InChI is InChI=1S/C12H13N3O2/c1-9-14-13-8-15(9)11-5-2-10(3-6-11)4-7-12(16)17/h2-3,5-6,8H,4,7H2,1H3,(H,16,17). The molecular weight excluding hydrogens is 218 g/mol. The third-order valence-corrected chi connectivity index (χ3v) is 2.56. The summed E-state index contributed by atoms with van der Waals surface area (Å²) >= 11 is 0. The summed E-state index contributed by atoms with van der Waals surface area (Å²) in [6.07, 6.45) is 2.36. The van der Waals surface area contributed by atoms with Crippen molar-refractivity contribution in [2.75, 3.05) is 0 Å². The molecule has 88 valence electrons. The number of hydrogen-bond donors (Lipinski definition) is 1. The van der Waals surface area contributed by atoms with Gasteiger partial charge in [-0.25, -0.2) is 0 Å². The van der Waals surface area contributed by atoms with E-state index in [-0.39, 0.29) is 6.42 Å². The molecule has 0 saturated heterocycles. The number of rotatable bonds is 4. The van der Waals surface area contributed by atoms with E-state index in [0.717, 1.165) is 17.1 Å². The molecule has 2 aromatic rings. The summed E-state index contributed by atoms with van der Waals surface area (Å²) < 4.78 is 1.88. The second kappa shape index (κ2) is 4.78. The highest BCUT2D eigenvalue weighted by molar-refractivity contribution is 5.67. The number of hydrogen-bond acceptors (Lipinski definition) is 3. The Bertz CT molecular complexity index is 517. The molecule has 1 aromatic heterocycles. The molecule has 5 heteroatoms. The molecule has 5 nitrogen and oxygen atoms in total. The van der Waals surface area contributed by atoms with Crippen molar-refractivity contribution in [1.82, 2.24) is 14.8 Å². The van der Waals surface area contributed by atoms with Gasteiger partial charge in [0.1, 0.15) is 12.2 Å². The first-order valence-corrected chi connectivity index (χ1v) is 5.34. The van der Waals surface area contributed by atoms with Gasteiger partial charge in [0.05, 0.1) is 0 Å². The molecule has 0 unspecified atom stereocenters. The second-order valence-electron chi connectivity index (χ2n) is 3.81. The lowest BCUT2D eigenvalue weighted by molar-refractivity contribution is -0.136. The SMILES string of the molecule is Cc1nncn1-c1ccc(CCC(=O)O)cc1. The van der Waals surface area contributed by atoms with Crippen molar-refractivity contribution in [3.05, 3.63) is 42.0 Å². The van der Waals surface area contributed by atoms with Crippen LogP contribution < -0.4 is 0 Å². The Labute approximate surface area is 98.7 Å². The van der Waals surface area contributed by atoms with Crippen LogP contribution in [0.4, 0.5) is 0 Å². The molecular formula is C12H13N3O2. The predicted molar refractivity (Wildman–Crippen MR) is 62.1 cm³/mol. The zero-order valence-corrected chi connectivity index (χ0v) is 9.50. The van der Waals surface area contributed by atoms with E-state index >= 15 is 0 Å². The third kappa shape index (κ3) is 2.69. The number of carboxylic acid groups (broad SMARTS) is 1. The highest BCUT2D eigenvalue weighted by atomic mass is 16.4. The van der Waals surface area contributed by atoms with E-state index in [1.807, 2.05) is 35.8 Å². The molecule has 0 amide bonds. The van der Waals surface area contributed by atoms with Crippen LogP contribution in [0.25, 0.3) is 5.69 Å². The Morgan fingerprint density at radius 3 is 2.59 bits per heavy atom. The zero-order chi connectivity index (χ0) is 12.3. The van der Waals surface area contributed by atoms with Crippen LogP contribution in [0.1, 0.15) is 17.8 Å². The fourth-order valence-corrected chi connectivity index (χ4v) is 1.62. The number of aromatic nitrogens is 3. The summed E-state index contributed by atoms with van der Waals surface area (Å²) in [6, 6.07) is 7.73. The van der Waals surface area contributed by atoms with E-state index in [1.54, 1.807) is 6.33 Å². The fourth-order valence-electron chi connectivity index (χ4n) is 1.62. The summed E-state index contributed by atoms with van der Waals surface area (Å²) in [5.41, 5.74) is 1.99. The van der Waals surface area contributed by atoms with E-state index in [9.17, 15) is 4.79 Å². The molecule has 0 bridgehead atoms. The van der Waals surface area contributed by atoms with E-state index < -0.39 is 5.97 Å². The maximum atomic E-state index is 10.5. The third-order valence-electron chi connectivity index (χ3n) is 2.56. The van der Waals surface area contributed by atoms with Crippen LogP contribution >= 0.6 is 0 Å². The van der Waals surface area contributed by atoms with Crippen molar-refractivity contribution in [3.63, 3.8) is 0 Å². The molecule has 0 aliphatic carbocycles. The van der Waals surface area contributed by atoms with Gasteiger partial charge >= 0.3 is 5.97 Å².